The van der Waals surface area contributed by atoms with Gasteiger partial charge < -0.3 is 5.01 Å². The van der Waals surface area contributed by atoms with Crippen molar-refractivity contribution in [2.45, 2.75) is 45.4 Å². The maximum atomic E-state index is 4.69. The third kappa shape index (κ3) is 1.47. The summed E-state index contributed by atoms with van der Waals surface area (Å²) < 4.78 is 0. The molecule has 2 aliphatic rings. The van der Waals surface area contributed by atoms with Gasteiger partial charge in [-0.1, -0.05) is 12.8 Å². The SMILES string of the molecule is CCN(C)/N=C1/CCC12CCCC2. The highest BCUT2D eigenvalue weighted by Crippen LogP contribution is 2.51. The van der Waals surface area contributed by atoms with Crippen molar-refractivity contribution in [3.05, 3.63) is 0 Å². The van der Waals surface area contributed by atoms with E-state index >= 15 is 0 Å². The van der Waals surface area contributed by atoms with Crippen molar-refractivity contribution in [2.75, 3.05) is 13.6 Å². The molecule has 13 heavy (non-hydrogen) atoms. The van der Waals surface area contributed by atoms with E-state index in [-0.39, 0.29) is 0 Å². The summed E-state index contributed by atoms with van der Waals surface area (Å²) >= 11 is 0. The van der Waals surface area contributed by atoms with E-state index in [4.69, 9.17) is 0 Å². The monoisotopic (exact) mass is 180 g/mol. The van der Waals surface area contributed by atoms with Crippen LogP contribution in [0.25, 0.3) is 0 Å². The van der Waals surface area contributed by atoms with Crippen LogP contribution in [0.5, 0.6) is 0 Å². The molecule has 2 rings (SSSR count). The van der Waals surface area contributed by atoms with Gasteiger partial charge in [0.05, 0.1) is 0 Å². The zero-order valence-electron chi connectivity index (χ0n) is 8.84. The Morgan fingerprint density at radius 1 is 1.31 bits per heavy atom. The summed E-state index contributed by atoms with van der Waals surface area (Å²) in [7, 11) is 2.08. The molecule has 74 valence electrons. The third-order valence-electron chi connectivity index (χ3n) is 3.76. The van der Waals surface area contributed by atoms with Crippen LogP contribution in [-0.2, 0) is 0 Å². The lowest BCUT2D eigenvalue weighted by Gasteiger charge is -2.40. The van der Waals surface area contributed by atoms with Crippen molar-refractivity contribution in [1.29, 1.82) is 0 Å². The fourth-order valence-corrected chi connectivity index (χ4v) is 2.61. The van der Waals surface area contributed by atoms with Gasteiger partial charge in [-0.05, 0) is 32.6 Å². The zero-order valence-corrected chi connectivity index (χ0v) is 8.84. The predicted octanol–water partition coefficient (Wildman–Crippen LogP) is 2.65. The van der Waals surface area contributed by atoms with Crippen molar-refractivity contribution >= 4 is 5.71 Å². The van der Waals surface area contributed by atoms with Gasteiger partial charge in [0.25, 0.3) is 0 Å². The highest BCUT2D eigenvalue weighted by Gasteiger charge is 2.45. The smallest absolute Gasteiger partial charge is 0.0442 e. The fourth-order valence-electron chi connectivity index (χ4n) is 2.61. The molecule has 2 heteroatoms. The van der Waals surface area contributed by atoms with Crippen LogP contribution in [0.2, 0.25) is 0 Å². The van der Waals surface area contributed by atoms with Gasteiger partial charge in [0, 0.05) is 24.7 Å². The molecule has 0 unspecified atom stereocenters. The first-order valence-electron chi connectivity index (χ1n) is 5.56. The molecule has 0 N–H and O–H groups in total. The highest BCUT2D eigenvalue weighted by molar-refractivity contribution is 5.95. The quantitative estimate of drug-likeness (QED) is 0.596. The first-order valence-corrected chi connectivity index (χ1v) is 5.56. The molecule has 2 nitrogen and oxygen atoms in total. The van der Waals surface area contributed by atoms with E-state index in [9.17, 15) is 0 Å². The average molecular weight is 180 g/mol. The van der Waals surface area contributed by atoms with Gasteiger partial charge in [-0.15, -0.1) is 0 Å². The number of hydrogen-bond donors (Lipinski definition) is 0. The van der Waals surface area contributed by atoms with E-state index < -0.39 is 0 Å². The summed E-state index contributed by atoms with van der Waals surface area (Å²) in [5.74, 6) is 0. The standard InChI is InChI=1S/C11H20N2/c1-3-13(2)12-10-6-9-11(10)7-4-5-8-11/h3-9H2,1-2H3/b12-10-. The normalized spacial score (nSPS) is 28.0. The van der Waals surface area contributed by atoms with Crippen molar-refractivity contribution in [2.24, 2.45) is 10.5 Å². The molecule has 0 heterocycles. The van der Waals surface area contributed by atoms with E-state index in [0.717, 1.165) is 6.54 Å². The molecule has 2 fully saturated rings. The van der Waals surface area contributed by atoms with Gasteiger partial charge in [-0.2, -0.15) is 5.10 Å². The minimum absolute atomic E-state index is 0.573. The Hall–Kier alpha value is -0.530. The lowest BCUT2D eigenvalue weighted by molar-refractivity contribution is 0.304. The molecule has 2 aliphatic carbocycles. The van der Waals surface area contributed by atoms with Crippen LogP contribution >= 0.6 is 0 Å². The maximum absolute atomic E-state index is 4.69. The van der Waals surface area contributed by atoms with Crippen LogP contribution < -0.4 is 0 Å². The largest absolute Gasteiger partial charge is 0.300 e. The first-order chi connectivity index (χ1) is 6.27. The molecule has 2 saturated carbocycles. The summed E-state index contributed by atoms with van der Waals surface area (Å²) in [4.78, 5) is 0. The van der Waals surface area contributed by atoms with Crippen LogP contribution in [0.15, 0.2) is 5.10 Å². The Labute approximate surface area is 81.0 Å². The third-order valence-corrected chi connectivity index (χ3v) is 3.76. The minimum Gasteiger partial charge on any atom is -0.300 e. The van der Waals surface area contributed by atoms with E-state index in [1.165, 1.54) is 44.2 Å². The molecule has 0 bridgehead atoms. The second-order valence-corrected chi connectivity index (χ2v) is 4.51. The van der Waals surface area contributed by atoms with Crippen molar-refractivity contribution in [1.82, 2.24) is 5.01 Å². The second-order valence-electron chi connectivity index (χ2n) is 4.51. The summed E-state index contributed by atoms with van der Waals surface area (Å²) in [6, 6.07) is 0. The molecule has 1 spiro atoms. The van der Waals surface area contributed by atoms with Gasteiger partial charge in [0.15, 0.2) is 0 Å². The number of hydrogen-bond acceptors (Lipinski definition) is 2. The van der Waals surface area contributed by atoms with Gasteiger partial charge in [-0.25, -0.2) is 0 Å². The van der Waals surface area contributed by atoms with Crippen LogP contribution in [0, 0.1) is 5.41 Å². The van der Waals surface area contributed by atoms with E-state index in [0.29, 0.717) is 5.41 Å². The van der Waals surface area contributed by atoms with Gasteiger partial charge >= 0.3 is 0 Å². The molecule has 0 saturated heterocycles. The molecule has 0 aliphatic heterocycles. The van der Waals surface area contributed by atoms with Crippen LogP contribution in [0.4, 0.5) is 0 Å². The highest BCUT2D eigenvalue weighted by atomic mass is 15.4. The predicted molar refractivity (Wildman–Crippen MR) is 55.9 cm³/mol. The molecular weight excluding hydrogens is 160 g/mol. The lowest BCUT2D eigenvalue weighted by atomic mass is 9.66. The lowest BCUT2D eigenvalue weighted by Crippen LogP contribution is -2.39. The minimum atomic E-state index is 0.573. The second kappa shape index (κ2) is 3.32. The Balaban J connectivity index is 2.04. The van der Waals surface area contributed by atoms with Crippen molar-refractivity contribution < 1.29 is 0 Å². The topological polar surface area (TPSA) is 15.6 Å². The molecule has 0 atom stereocenters. The summed E-state index contributed by atoms with van der Waals surface area (Å²) in [6.45, 7) is 3.18. The Kier molecular flexibility index (Phi) is 2.31. The van der Waals surface area contributed by atoms with Crippen LogP contribution in [0.3, 0.4) is 0 Å². The summed E-state index contributed by atoms with van der Waals surface area (Å²) in [5.41, 5.74) is 2.07. The van der Waals surface area contributed by atoms with Crippen molar-refractivity contribution in [3.63, 3.8) is 0 Å². The van der Waals surface area contributed by atoms with Crippen LogP contribution in [-0.4, -0.2) is 24.3 Å². The maximum Gasteiger partial charge on any atom is 0.0442 e. The van der Waals surface area contributed by atoms with Gasteiger partial charge in [-0.3, -0.25) is 0 Å². The Bertz CT molecular complexity index is 214. The molecule has 0 aromatic rings. The number of nitrogens with zero attached hydrogens (tertiary/aromatic N) is 2. The van der Waals surface area contributed by atoms with E-state index in [2.05, 4.69) is 24.1 Å². The number of rotatable bonds is 2. The summed E-state index contributed by atoms with van der Waals surface area (Å²) in [6.07, 6.45) is 8.32. The van der Waals surface area contributed by atoms with Crippen molar-refractivity contribution in [3.8, 4) is 0 Å². The fraction of sp³-hybridized carbons (Fsp3) is 0.909. The molecular formula is C11H20N2. The Morgan fingerprint density at radius 2 is 2.00 bits per heavy atom. The average Bonchev–Trinajstić information content (AvgIpc) is 2.62. The summed E-state index contributed by atoms with van der Waals surface area (Å²) in [5, 5.41) is 6.76. The molecule has 0 amide bonds. The molecule has 0 radical (unpaired) electrons. The van der Waals surface area contributed by atoms with E-state index in [1.54, 1.807) is 0 Å². The first kappa shape index (κ1) is 9.04. The Morgan fingerprint density at radius 3 is 2.46 bits per heavy atom. The van der Waals surface area contributed by atoms with E-state index in [1.807, 2.05) is 0 Å². The van der Waals surface area contributed by atoms with Gasteiger partial charge in [0.2, 0.25) is 0 Å². The molecule has 0 aromatic carbocycles. The van der Waals surface area contributed by atoms with Crippen LogP contribution in [0.1, 0.15) is 45.4 Å². The molecule has 0 aromatic heterocycles. The van der Waals surface area contributed by atoms with Gasteiger partial charge in [0.1, 0.15) is 0 Å². The zero-order chi connectivity index (χ0) is 9.31. The number of hydrazone groups is 1.